The van der Waals surface area contributed by atoms with Gasteiger partial charge >= 0.3 is 0 Å². The zero-order valence-corrected chi connectivity index (χ0v) is 13.3. The Bertz CT molecular complexity index is 854. The highest BCUT2D eigenvalue weighted by Gasteiger charge is 2.25. The van der Waals surface area contributed by atoms with Gasteiger partial charge in [0.1, 0.15) is 0 Å². The van der Waals surface area contributed by atoms with E-state index in [0.717, 1.165) is 24.5 Å². The number of methoxy groups -OCH3 is 2. The summed E-state index contributed by atoms with van der Waals surface area (Å²) in [5.41, 5.74) is 5.05. The maximum Gasteiger partial charge on any atom is 0.161 e. The van der Waals surface area contributed by atoms with Crippen LogP contribution >= 0.6 is 0 Å². The topological polar surface area (TPSA) is 46.3 Å². The van der Waals surface area contributed by atoms with Crippen molar-refractivity contribution in [1.82, 2.24) is 10.3 Å². The summed E-state index contributed by atoms with van der Waals surface area (Å²) in [6.07, 6.45) is 1.04. The molecule has 0 bridgehead atoms. The van der Waals surface area contributed by atoms with Crippen molar-refractivity contribution in [2.45, 2.75) is 12.5 Å². The summed E-state index contributed by atoms with van der Waals surface area (Å²) in [5, 5.41) is 4.94. The first kappa shape index (κ1) is 14.2. The highest BCUT2D eigenvalue weighted by Crippen LogP contribution is 2.36. The zero-order chi connectivity index (χ0) is 15.8. The molecule has 3 aromatic rings. The number of aromatic nitrogens is 1. The second-order valence-corrected chi connectivity index (χ2v) is 5.81. The van der Waals surface area contributed by atoms with E-state index in [1.54, 1.807) is 14.2 Å². The van der Waals surface area contributed by atoms with E-state index in [1.807, 2.05) is 6.07 Å². The minimum atomic E-state index is 0.144. The molecule has 0 spiro atoms. The van der Waals surface area contributed by atoms with E-state index in [4.69, 9.17) is 9.47 Å². The molecule has 0 saturated carbocycles. The van der Waals surface area contributed by atoms with E-state index < -0.39 is 0 Å². The number of aromatic amines is 1. The predicted octanol–water partition coefficient (Wildman–Crippen LogP) is 3.42. The van der Waals surface area contributed by atoms with E-state index in [0.29, 0.717) is 0 Å². The number of para-hydroxylation sites is 1. The maximum atomic E-state index is 5.45. The summed E-state index contributed by atoms with van der Waals surface area (Å²) in [5.74, 6) is 1.51. The van der Waals surface area contributed by atoms with Crippen LogP contribution < -0.4 is 14.8 Å². The largest absolute Gasteiger partial charge is 0.493 e. The number of hydrogen-bond donors (Lipinski definition) is 2. The van der Waals surface area contributed by atoms with Crippen LogP contribution in [-0.4, -0.2) is 25.7 Å². The van der Waals surface area contributed by atoms with Crippen LogP contribution in [0.1, 0.15) is 22.9 Å². The average Bonchev–Trinajstić information content (AvgIpc) is 3.00. The van der Waals surface area contributed by atoms with Crippen molar-refractivity contribution >= 4 is 10.9 Å². The maximum absolute atomic E-state index is 5.45. The van der Waals surface area contributed by atoms with Crippen LogP contribution in [0.25, 0.3) is 10.9 Å². The van der Waals surface area contributed by atoms with Gasteiger partial charge in [-0.3, -0.25) is 0 Å². The van der Waals surface area contributed by atoms with Gasteiger partial charge in [-0.05, 0) is 35.7 Å². The molecule has 1 aliphatic heterocycles. The summed E-state index contributed by atoms with van der Waals surface area (Å²) < 4.78 is 10.8. The molecule has 1 unspecified atom stereocenters. The summed E-state index contributed by atoms with van der Waals surface area (Å²) in [4.78, 5) is 3.60. The molecule has 0 saturated heterocycles. The normalized spacial score (nSPS) is 17.0. The van der Waals surface area contributed by atoms with Crippen LogP contribution in [0.3, 0.4) is 0 Å². The lowest BCUT2D eigenvalue weighted by Crippen LogP contribution is -2.30. The molecule has 2 N–H and O–H groups in total. The fourth-order valence-corrected chi connectivity index (χ4v) is 3.50. The molecule has 23 heavy (non-hydrogen) atoms. The molecular formula is C19H20N2O2. The third-order valence-electron chi connectivity index (χ3n) is 4.60. The quantitative estimate of drug-likeness (QED) is 0.779. The predicted molar refractivity (Wildman–Crippen MR) is 91.4 cm³/mol. The molecule has 4 nitrogen and oxygen atoms in total. The third-order valence-corrected chi connectivity index (χ3v) is 4.60. The highest BCUT2D eigenvalue weighted by molar-refractivity contribution is 5.85. The van der Waals surface area contributed by atoms with E-state index in [-0.39, 0.29) is 6.04 Å². The van der Waals surface area contributed by atoms with Gasteiger partial charge in [0.15, 0.2) is 11.5 Å². The average molecular weight is 308 g/mol. The Morgan fingerprint density at radius 2 is 1.83 bits per heavy atom. The van der Waals surface area contributed by atoms with E-state index in [2.05, 4.69) is 46.7 Å². The molecule has 0 aliphatic carbocycles. The summed E-state index contributed by atoms with van der Waals surface area (Å²) in [7, 11) is 3.33. The van der Waals surface area contributed by atoms with Crippen molar-refractivity contribution in [3.63, 3.8) is 0 Å². The van der Waals surface area contributed by atoms with Gasteiger partial charge < -0.3 is 19.8 Å². The molecule has 0 radical (unpaired) electrons. The second-order valence-electron chi connectivity index (χ2n) is 5.81. The van der Waals surface area contributed by atoms with Gasteiger partial charge in [0.25, 0.3) is 0 Å². The number of H-pyrrole nitrogens is 1. The molecule has 4 heteroatoms. The summed E-state index contributed by atoms with van der Waals surface area (Å²) in [6.45, 7) is 0.966. The van der Waals surface area contributed by atoms with Crippen molar-refractivity contribution in [1.29, 1.82) is 0 Å². The third kappa shape index (κ3) is 2.26. The number of nitrogens with one attached hydrogen (secondary N) is 2. The van der Waals surface area contributed by atoms with Gasteiger partial charge in [-0.15, -0.1) is 0 Å². The minimum Gasteiger partial charge on any atom is -0.493 e. The van der Waals surface area contributed by atoms with Crippen LogP contribution in [-0.2, 0) is 6.42 Å². The van der Waals surface area contributed by atoms with Crippen molar-refractivity contribution in [3.05, 3.63) is 59.3 Å². The van der Waals surface area contributed by atoms with E-state index in [9.17, 15) is 0 Å². The first-order valence-corrected chi connectivity index (χ1v) is 7.86. The molecule has 0 fully saturated rings. The Hall–Kier alpha value is -2.46. The molecule has 0 amide bonds. The molecule has 2 heterocycles. The van der Waals surface area contributed by atoms with Gasteiger partial charge in [-0.25, -0.2) is 0 Å². The number of ether oxygens (including phenoxy) is 2. The van der Waals surface area contributed by atoms with Crippen molar-refractivity contribution in [3.8, 4) is 11.5 Å². The number of benzene rings is 2. The lowest BCUT2D eigenvalue weighted by molar-refractivity contribution is 0.354. The molecule has 2 aromatic carbocycles. The first-order valence-electron chi connectivity index (χ1n) is 7.86. The molecule has 1 aromatic heterocycles. The number of hydrogen-bond acceptors (Lipinski definition) is 3. The van der Waals surface area contributed by atoms with Gasteiger partial charge in [0.05, 0.1) is 20.3 Å². The van der Waals surface area contributed by atoms with Crippen LogP contribution in [0.15, 0.2) is 42.5 Å². The monoisotopic (exact) mass is 308 g/mol. The molecule has 1 aliphatic rings. The Morgan fingerprint density at radius 1 is 1.00 bits per heavy atom. The highest BCUT2D eigenvalue weighted by atomic mass is 16.5. The Kier molecular flexibility index (Phi) is 3.46. The number of fused-ring (bicyclic) bond motifs is 3. The fourth-order valence-electron chi connectivity index (χ4n) is 3.50. The lowest BCUT2D eigenvalue weighted by atomic mass is 9.94. The van der Waals surface area contributed by atoms with E-state index in [1.165, 1.54) is 27.7 Å². The summed E-state index contributed by atoms with van der Waals surface area (Å²) >= 11 is 0. The van der Waals surface area contributed by atoms with Crippen molar-refractivity contribution in [2.75, 3.05) is 20.8 Å². The van der Waals surface area contributed by atoms with Gasteiger partial charge in [-0.1, -0.05) is 24.3 Å². The Labute approximate surface area is 135 Å². The molecular weight excluding hydrogens is 288 g/mol. The second kappa shape index (κ2) is 5.63. The molecule has 1 atom stereocenters. The fraction of sp³-hybridized carbons (Fsp3) is 0.263. The van der Waals surface area contributed by atoms with Crippen LogP contribution in [0.5, 0.6) is 11.5 Å². The van der Waals surface area contributed by atoms with Crippen LogP contribution in [0, 0.1) is 0 Å². The standard InChI is InChI=1S/C19H20N2O2/c1-22-16-8-7-12(11-17(16)23-2)18-19-14(9-10-20-18)13-5-3-4-6-15(13)21-19/h3-8,11,18,20-21H,9-10H2,1-2H3. The van der Waals surface area contributed by atoms with Gasteiger partial charge in [0.2, 0.25) is 0 Å². The Morgan fingerprint density at radius 3 is 2.65 bits per heavy atom. The zero-order valence-electron chi connectivity index (χ0n) is 13.3. The Balaban J connectivity index is 1.83. The first-order chi connectivity index (χ1) is 11.3. The number of rotatable bonds is 3. The van der Waals surface area contributed by atoms with Gasteiger partial charge in [-0.2, -0.15) is 0 Å². The minimum absolute atomic E-state index is 0.144. The van der Waals surface area contributed by atoms with E-state index >= 15 is 0 Å². The molecule has 4 rings (SSSR count). The van der Waals surface area contributed by atoms with Crippen LogP contribution in [0.4, 0.5) is 0 Å². The lowest BCUT2D eigenvalue weighted by Gasteiger charge is -2.25. The van der Waals surface area contributed by atoms with Crippen molar-refractivity contribution < 1.29 is 9.47 Å². The smallest absolute Gasteiger partial charge is 0.161 e. The van der Waals surface area contributed by atoms with Gasteiger partial charge in [0, 0.05) is 23.1 Å². The molecule has 118 valence electrons. The SMILES string of the molecule is COc1ccc(C2NCCc3c2[nH]c2ccccc32)cc1OC. The summed E-state index contributed by atoms with van der Waals surface area (Å²) in [6, 6.07) is 14.8. The van der Waals surface area contributed by atoms with Crippen LogP contribution in [0.2, 0.25) is 0 Å². The van der Waals surface area contributed by atoms with Crippen molar-refractivity contribution in [2.24, 2.45) is 0 Å².